The average molecular weight is 323 g/mol. The van der Waals surface area contributed by atoms with Crippen molar-refractivity contribution in [1.82, 2.24) is 15.2 Å². The number of ether oxygens (including phenoxy) is 1. The van der Waals surface area contributed by atoms with Gasteiger partial charge in [0, 0.05) is 25.5 Å². The molecule has 1 rings (SSSR count). The Morgan fingerprint density at radius 2 is 2.13 bits per heavy atom. The molecule has 0 aromatic carbocycles. The number of nitrogens with zero attached hydrogens (tertiary/aromatic N) is 2. The summed E-state index contributed by atoms with van der Waals surface area (Å²) in [6.45, 7) is 1.54. The maximum atomic E-state index is 11.8. The lowest BCUT2D eigenvalue weighted by Crippen LogP contribution is -2.39. The van der Waals surface area contributed by atoms with Gasteiger partial charge in [0.1, 0.15) is 19.8 Å². The molecule has 8 nitrogen and oxygen atoms in total. The SMILES string of the molecule is CCCN(CC(=O)O)C(=O)COCC(=O)NCc1cccnc1. The predicted octanol–water partition coefficient (Wildman–Crippen LogP) is 0.0376. The molecule has 0 saturated carbocycles. The van der Waals surface area contributed by atoms with E-state index in [1.807, 2.05) is 13.0 Å². The minimum Gasteiger partial charge on any atom is -0.480 e. The van der Waals surface area contributed by atoms with E-state index in [9.17, 15) is 14.4 Å². The van der Waals surface area contributed by atoms with Gasteiger partial charge in [-0.2, -0.15) is 0 Å². The number of nitrogens with one attached hydrogen (secondary N) is 1. The van der Waals surface area contributed by atoms with Gasteiger partial charge in [-0.25, -0.2) is 0 Å². The number of carboxylic acids is 1. The highest BCUT2D eigenvalue weighted by molar-refractivity contribution is 5.82. The van der Waals surface area contributed by atoms with Gasteiger partial charge in [-0.3, -0.25) is 19.4 Å². The van der Waals surface area contributed by atoms with E-state index >= 15 is 0 Å². The van der Waals surface area contributed by atoms with Gasteiger partial charge in [-0.15, -0.1) is 0 Å². The highest BCUT2D eigenvalue weighted by Crippen LogP contribution is 1.96. The Morgan fingerprint density at radius 3 is 2.74 bits per heavy atom. The Labute approximate surface area is 134 Å². The zero-order chi connectivity index (χ0) is 17.1. The van der Waals surface area contributed by atoms with Crippen LogP contribution in [0.4, 0.5) is 0 Å². The van der Waals surface area contributed by atoms with Crippen molar-refractivity contribution in [1.29, 1.82) is 0 Å². The number of pyridine rings is 1. The molecule has 8 heteroatoms. The number of hydrogen-bond acceptors (Lipinski definition) is 5. The van der Waals surface area contributed by atoms with E-state index < -0.39 is 11.9 Å². The molecule has 2 N–H and O–H groups in total. The van der Waals surface area contributed by atoms with Crippen molar-refractivity contribution >= 4 is 17.8 Å². The van der Waals surface area contributed by atoms with Crippen molar-refractivity contribution in [2.75, 3.05) is 26.3 Å². The molecule has 1 heterocycles. The van der Waals surface area contributed by atoms with Crippen LogP contribution in [0.2, 0.25) is 0 Å². The van der Waals surface area contributed by atoms with Gasteiger partial charge in [-0.05, 0) is 18.1 Å². The third-order valence-corrected chi connectivity index (χ3v) is 2.84. The summed E-state index contributed by atoms with van der Waals surface area (Å²) < 4.78 is 5.04. The summed E-state index contributed by atoms with van der Waals surface area (Å²) in [6.07, 6.45) is 3.92. The van der Waals surface area contributed by atoms with Crippen LogP contribution in [-0.2, 0) is 25.7 Å². The Hall–Kier alpha value is -2.48. The van der Waals surface area contributed by atoms with E-state index in [1.54, 1.807) is 18.5 Å². The normalized spacial score (nSPS) is 10.1. The molecule has 0 aliphatic carbocycles. The highest BCUT2D eigenvalue weighted by Gasteiger charge is 2.16. The van der Waals surface area contributed by atoms with Gasteiger partial charge in [0.15, 0.2) is 0 Å². The van der Waals surface area contributed by atoms with E-state index in [0.29, 0.717) is 19.5 Å². The van der Waals surface area contributed by atoms with Gasteiger partial charge >= 0.3 is 5.97 Å². The topological polar surface area (TPSA) is 109 Å². The van der Waals surface area contributed by atoms with Crippen molar-refractivity contribution in [3.63, 3.8) is 0 Å². The second kappa shape index (κ2) is 10.3. The smallest absolute Gasteiger partial charge is 0.323 e. The van der Waals surface area contributed by atoms with Crippen molar-refractivity contribution < 1.29 is 24.2 Å². The molecule has 0 unspecified atom stereocenters. The molecule has 23 heavy (non-hydrogen) atoms. The first kappa shape index (κ1) is 18.6. The number of aliphatic carboxylic acids is 1. The van der Waals surface area contributed by atoms with Crippen LogP contribution < -0.4 is 5.32 Å². The third-order valence-electron chi connectivity index (χ3n) is 2.84. The van der Waals surface area contributed by atoms with E-state index in [4.69, 9.17) is 9.84 Å². The lowest BCUT2D eigenvalue weighted by atomic mass is 10.3. The van der Waals surface area contributed by atoms with Crippen molar-refractivity contribution in [3.05, 3.63) is 30.1 Å². The number of carbonyl (C=O) groups is 3. The van der Waals surface area contributed by atoms with Crippen molar-refractivity contribution in [3.8, 4) is 0 Å². The molecular weight excluding hydrogens is 302 g/mol. The van der Waals surface area contributed by atoms with Crippen LogP contribution in [-0.4, -0.2) is 59.1 Å². The fraction of sp³-hybridized carbons (Fsp3) is 0.467. The van der Waals surface area contributed by atoms with Gasteiger partial charge in [0.2, 0.25) is 11.8 Å². The predicted molar refractivity (Wildman–Crippen MR) is 81.4 cm³/mol. The van der Waals surface area contributed by atoms with Gasteiger partial charge in [0.25, 0.3) is 0 Å². The quantitative estimate of drug-likeness (QED) is 0.629. The number of rotatable bonds is 10. The van der Waals surface area contributed by atoms with Crippen LogP contribution >= 0.6 is 0 Å². The summed E-state index contributed by atoms with van der Waals surface area (Å²) >= 11 is 0. The average Bonchev–Trinajstić information content (AvgIpc) is 2.53. The van der Waals surface area contributed by atoms with Crippen LogP contribution in [0, 0.1) is 0 Å². The van der Waals surface area contributed by atoms with Crippen LogP contribution in [0.15, 0.2) is 24.5 Å². The first-order valence-corrected chi connectivity index (χ1v) is 7.25. The molecule has 0 aliphatic heterocycles. The molecule has 0 saturated heterocycles. The Balaban J connectivity index is 2.27. The summed E-state index contributed by atoms with van der Waals surface area (Å²) in [5.74, 6) is -1.89. The molecule has 0 aliphatic rings. The van der Waals surface area contributed by atoms with Crippen LogP contribution in [0.5, 0.6) is 0 Å². The van der Waals surface area contributed by atoms with Crippen LogP contribution in [0.1, 0.15) is 18.9 Å². The summed E-state index contributed by atoms with van der Waals surface area (Å²) in [7, 11) is 0. The second-order valence-electron chi connectivity index (χ2n) is 4.84. The molecule has 0 atom stereocenters. The first-order valence-electron chi connectivity index (χ1n) is 7.25. The monoisotopic (exact) mass is 323 g/mol. The highest BCUT2D eigenvalue weighted by atomic mass is 16.5. The maximum absolute atomic E-state index is 11.8. The Morgan fingerprint density at radius 1 is 1.35 bits per heavy atom. The van der Waals surface area contributed by atoms with Crippen molar-refractivity contribution in [2.45, 2.75) is 19.9 Å². The molecule has 0 bridgehead atoms. The lowest BCUT2D eigenvalue weighted by Gasteiger charge is -2.19. The van der Waals surface area contributed by atoms with Crippen molar-refractivity contribution in [2.24, 2.45) is 0 Å². The number of aromatic nitrogens is 1. The van der Waals surface area contributed by atoms with Gasteiger partial charge < -0.3 is 20.1 Å². The van der Waals surface area contributed by atoms with Gasteiger partial charge in [0.05, 0.1) is 0 Å². The minimum absolute atomic E-state index is 0.265. The number of carbonyl (C=O) groups excluding carboxylic acids is 2. The largest absolute Gasteiger partial charge is 0.480 e. The maximum Gasteiger partial charge on any atom is 0.323 e. The first-order chi connectivity index (χ1) is 11.0. The van der Waals surface area contributed by atoms with Gasteiger partial charge in [-0.1, -0.05) is 13.0 Å². The second-order valence-corrected chi connectivity index (χ2v) is 4.84. The third kappa shape index (κ3) is 7.91. The summed E-state index contributed by atoms with van der Waals surface area (Å²) in [4.78, 5) is 39.2. The standard InChI is InChI=1S/C15H21N3O5/c1-2-6-18(9-15(21)22)14(20)11-23-10-13(19)17-8-12-4-3-5-16-7-12/h3-5,7H,2,6,8-11H2,1H3,(H,17,19)(H,21,22). The molecule has 0 fully saturated rings. The Bertz CT molecular complexity index is 521. The molecule has 1 aromatic rings. The fourth-order valence-electron chi connectivity index (χ4n) is 1.80. The summed E-state index contributed by atoms with van der Waals surface area (Å²) in [5.41, 5.74) is 0.854. The Kier molecular flexibility index (Phi) is 8.30. The van der Waals surface area contributed by atoms with E-state index in [1.165, 1.54) is 4.90 Å². The van der Waals surface area contributed by atoms with E-state index in [0.717, 1.165) is 5.56 Å². The number of carboxylic acid groups (broad SMARTS) is 1. The molecule has 1 aromatic heterocycles. The molecule has 126 valence electrons. The molecule has 0 radical (unpaired) electrons. The van der Waals surface area contributed by atoms with Crippen LogP contribution in [0.3, 0.4) is 0 Å². The molecule has 0 spiro atoms. The lowest BCUT2D eigenvalue weighted by molar-refractivity contribution is -0.147. The van der Waals surface area contributed by atoms with Crippen LogP contribution in [0.25, 0.3) is 0 Å². The van der Waals surface area contributed by atoms with E-state index in [-0.39, 0.29) is 25.7 Å². The minimum atomic E-state index is -1.08. The zero-order valence-electron chi connectivity index (χ0n) is 13.0. The number of hydrogen-bond donors (Lipinski definition) is 2. The summed E-state index contributed by atoms with van der Waals surface area (Å²) in [6, 6.07) is 3.59. The molecule has 2 amide bonds. The zero-order valence-corrected chi connectivity index (χ0v) is 13.0. The fourth-order valence-corrected chi connectivity index (χ4v) is 1.80. The molecular formula is C15H21N3O5. The number of amides is 2. The summed E-state index contributed by atoms with van der Waals surface area (Å²) in [5, 5.41) is 11.4. The van der Waals surface area contributed by atoms with E-state index in [2.05, 4.69) is 10.3 Å².